The first-order valence-electron chi connectivity index (χ1n) is 5.50. The summed E-state index contributed by atoms with van der Waals surface area (Å²) in [7, 11) is -25.4. The van der Waals surface area contributed by atoms with Gasteiger partial charge < -0.3 is 12.3 Å². The van der Waals surface area contributed by atoms with Crippen LogP contribution < -0.4 is 0 Å². The van der Waals surface area contributed by atoms with E-state index in [0.717, 1.165) is 0 Å². The lowest BCUT2D eigenvalue weighted by Gasteiger charge is -2.46. The van der Waals surface area contributed by atoms with Crippen LogP contribution in [-0.4, -0.2) is 56.4 Å². The summed E-state index contributed by atoms with van der Waals surface area (Å²) < 4.78 is 212. The molecule has 0 amide bonds. The van der Waals surface area contributed by atoms with Crippen LogP contribution in [0.15, 0.2) is 0 Å². The molecule has 0 spiro atoms. The summed E-state index contributed by atoms with van der Waals surface area (Å²) in [6.45, 7) is 0. The summed E-state index contributed by atoms with van der Waals surface area (Å²) in [4.78, 5) is 0. The molecule has 0 aromatic rings. The maximum absolute atomic E-state index is 13.6. The van der Waals surface area contributed by atoms with Crippen molar-refractivity contribution in [2.24, 2.45) is 0 Å². The smallest absolute Gasteiger partial charge is 0.355 e. The van der Waals surface area contributed by atoms with Crippen LogP contribution >= 0.6 is 0 Å². The number of hydrogen-bond donors (Lipinski definition) is 0. The molecule has 0 radical (unpaired) electrons. The average Bonchev–Trinajstić information content (AvgIpc) is 2.31. The lowest BCUT2D eigenvalue weighted by atomic mass is 10.1. The van der Waals surface area contributed by atoms with Gasteiger partial charge in [-0.05, 0) is 0 Å². The van der Waals surface area contributed by atoms with E-state index >= 15 is 0 Å². The van der Waals surface area contributed by atoms with Gasteiger partial charge in [-0.25, -0.2) is 16.4 Å². The molecule has 1 rings (SSSR count). The molecule has 0 aromatic heterocycles. The molecule has 1 fully saturated rings. The van der Waals surface area contributed by atoms with Gasteiger partial charge >= 0.3 is 56.4 Å². The van der Waals surface area contributed by atoms with Gasteiger partial charge in [-0.3, -0.25) is 0 Å². The predicted octanol–water partition coefficient (Wildman–Crippen LogP) is 4.35. The first-order chi connectivity index (χ1) is 11.4. The Morgan fingerprint density at radius 1 is 0.481 bits per heavy atom. The van der Waals surface area contributed by atoms with E-state index in [1.807, 2.05) is 0 Å². The SMILES string of the molecule is FC(F)(F)C(F)(F)C(F)(F)C(F)(F)[Si]1(C(F)(F)F)O[Si](F)(F)O[Si](F)(F)O1. The Hall–Kier alpha value is -0.589. The van der Waals surface area contributed by atoms with Crippen LogP contribution in [0, 0.1) is 0 Å². The van der Waals surface area contributed by atoms with E-state index in [1.165, 1.54) is 0 Å². The van der Waals surface area contributed by atoms with Crippen molar-refractivity contribution < 1.29 is 81.5 Å². The van der Waals surface area contributed by atoms with Gasteiger partial charge in [0.2, 0.25) is 0 Å². The molecule has 0 aromatic carbocycles. The van der Waals surface area contributed by atoms with Crippen LogP contribution in [0.4, 0.5) is 69.1 Å². The number of hydrogen-bond acceptors (Lipinski definition) is 3. The first-order valence-corrected chi connectivity index (χ1v) is 10.5. The largest absolute Gasteiger partial charge is 0.746 e. The molecule has 0 unspecified atom stereocenters. The van der Waals surface area contributed by atoms with Crippen LogP contribution in [0.3, 0.4) is 0 Å². The predicted molar refractivity (Wildman–Crippen MR) is 51.9 cm³/mol. The minimum atomic E-state index is -9.27. The third-order valence-electron chi connectivity index (χ3n) is 2.69. The van der Waals surface area contributed by atoms with Crippen molar-refractivity contribution >= 4 is 27.0 Å². The lowest BCUT2D eigenvalue weighted by Crippen LogP contribution is -2.83. The van der Waals surface area contributed by atoms with E-state index in [2.05, 4.69) is 12.3 Å². The normalized spacial score (nSPS) is 24.0. The minimum absolute atomic E-state index is 2.22. The van der Waals surface area contributed by atoms with Crippen LogP contribution in [0.2, 0.25) is 0 Å². The van der Waals surface area contributed by atoms with E-state index in [-0.39, 0.29) is 0 Å². The number of rotatable bonds is 3. The zero-order valence-electron chi connectivity index (χ0n) is 11.3. The third kappa shape index (κ3) is 3.58. The number of alkyl halides is 12. The van der Waals surface area contributed by atoms with Gasteiger partial charge in [-0.1, -0.05) is 0 Å². The number of halogens is 16. The molecular weight excluding hydrogens is 496 g/mol. The Kier molecular flexibility index (Phi) is 5.40. The first kappa shape index (κ1) is 24.4. The molecule has 0 bridgehead atoms. The van der Waals surface area contributed by atoms with Crippen molar-refractivity contribution in [2.75, 3.05) is 0 Å². The summed E-state index contributed by atoms with van der Waals surface area (Å²) in [5, 5.41) is 0. The molecule has 0 N–H and O–H groups in total. The van der Waals surface area contributed by atoms with E-state index in [0.29, 0.717) is 0 Å². The van der Waals surface area contributed by atoms with Gasteiger partial charge in [0.05, 0.1) is 0 Å². The second-order valence-electron chi connectivity index (χ2n) is 4.57. The Balaban J connectivity index is 3.79. The van der Waals surface area contributed by atoms with Gasteiger partial charge in [0.1, 0.15) is 0 Å². The van der Waals surface area contributed by atoms with Crippen LogP contribution in [0.5, 0.6) is 0 Å². The van der Waals surface area contributed by atoms with E-state index in [1.54, 1.807) is 0 Å². The highest BCUT2D eigenvalue weighted by molar-refractivity contribution is 6.89. The van der Waals surface area contributed by atoms with Crippen molar-refractivity contribution in [1.82, 2.24) is 0 Å². The molecule has 3 nitrogen and oxygen atoms in total. The van der Waals surface area contributed by atoms with E-state index < -0.39 is 56.4 Å². The van der Waals surface area contributed by atoms with Crippen molar-refractivity contribution in [3.63, 3.8) is 0 Å². The molecule has 0 saturated carbocycles. The quantitative estimate of drug-likeness (QED) is 0.331. The molecule has 27 heavy (non-hydrogen) atoms. The van der Waals surface area contributed by atoms with Crippen molar-refractivity contribution in [3.05, 3.63) is 0 Å². The van der Waals surface area contributed by atoms with Gasteiger partial charge in [0.25, 0.3) is 0 Å². The summed E-state index contributed by atoms with van der Waals surface area (Å²) in [6, 6.07) is 0. The monoisotopic (exact) mass is 496 g/mol. The molecule has 22 heteroatoms. The fraction of sp³-hybridized carbons (Fsp3) is 1.00. The molecule has 1 aliphatic rings. The van der Waals surface area contributed by atoms with Crippen molar-refractivity contribution in [1.29, 1.82) is 0 Å². The fourth-order valence-corrected chi connectivity index (χ4v) is 9.83. The molecule has 1 saturated heterocycles. The second kappa shape index (κ2) is 5.96. The maximum atomic E-state index is 13.6. The summed E-state index contributed by atoms with van der Waals surface area (Å²) in [5.41, 5.74) is -8.01. The highest BCUT2D eigenvalue weighted by Crippen LogP contribution is 2.60. The Labute approximate surface area is 139 Å². The molecule has 0 aliphatic carbocycles. The highest BCUT2D eigenvalue weighted by atomic mass is 28.6. The van der Waals surface area contributed by atoms with Gasteiger partial charge in [-0.2, -0.15) is 52.7 Å². The Morgan fingerprint density at radius 2 is 0.815 bits per heavy atom. The van der Waals surface area contributed by atoms with Crippen LogP contribution in [0.25, 0.3) is 0 Å². The van der Waals surface area contributed by atoms with E-state index in [9.17, 15) is 69.1 Å². The van der Waals surface area contributed by atoms with Gasteiger partial charge in [0.15, 0.2) is 0 Å². The second-order valence-corrected chi connectivity index (χ2v) is 11.3. The zero-order valence-corrected chi connectivity index (χ0v) is 14.3. The highest BCUT2D eigenvalue weighted by Gasteiger charge is 2.97. The zero-order chi connectivity index (χ0) is 22.1. The third-order valence-corrected chi connectivity index (χ3v) is 10.7. The standard InChI is InChI=1S/C5F16O3Si3/c6-1(7,3(10,11)12)2(8,9)4(13,14)25(5(15,16)17)22-26(18,19)24-27(20,21)23-25. The summed E-state index contributed by atoms with van der Waals surface area (Å²) in [6.07, 6.45) is -7.65. The minimum Gasteiger partial charge on any atom is -0.355 e. The van der Waals surface area contributed by atoms with Gasteiger partial charge in [-0.15, -0.1) is 0 Å². The fourth-order valence-electron chi connectivity index (χ4n) is 1.54. The average molecular weight is 496 g/mol. The molecule has 0 atom stereocenters. The Morgan fingerprint density at radius 3 is 1.07 bits per heavy atom. The molecule has 162 valence electrons. The summed E-state index contributed by atoms with van der Waals surface area (Å²) in [5.74, 6) is -23.6. The molecule has 1 aliphatic heterocycles. The van der Waals surface area contributed by atoms with Gasteiger partial charge in [0, 0.05) is 0 Å². The maximum Gasteiger partial charge on any atom is 0.746 e. The Bertz CT molecular complexity index is 565. The van der Waals surface area contributed by atoms with Crippen molar-refractivity contribution in [2.45, 2.75) is 29.4 Å². The van der Waals surface area contributed by atoms with Crippen LogP contribution in [0.1, 0.15) is 0 Å². The lowest BCUT2D eigenvalue weighted by molar-refractivity contribution is -0.389. The van der Waals surface area contributed by atoms with E-state index in [4.69, 9.17) is 0 Å². The summed E-state index contributed by atoms with van der Waals surface area (Å²) >= 11 is 0. The van der Waals surface area contributed by atoms with Crippen molar-refractivity contribution in [3.8, 4) is 0 Å². The molecular formula is C5F16O3Si3. The topological polar surface area (TPSA) is 27.7 Å². The van der Waals surface area contributed by atoms with Crippen LogP contribution in [-0.2, 0) is 12.3 Å². The molecule has 1 heterocycles.